The summed E-state index contributed by atoms with van der Waals surface area (Å²) in [6, 6.07) is 3.03. The summed E-state index contributed by atoms with van der Waals surface area (Å²) >= 11 is 0. The summed E-state index contributed by atoms with van der Waals surface area (Å²) in [7, 11) is 0. The van der Waals surface area contributed by atoms with Crippen LogP contribution in [0.25, 0.3) is 0 Å². The molecular weight excluding hydrogens is 226 g/mol. The number of nitrogens with zero attached hydrogens (tertiary/aromatic N) is 1. The van der Waals surface area contributed by atoms with Crippen molar-refractivity contribution in [1.29, 1.82) is 0 Å². The van der Waals surface area contributed by atoms with Gasteiger partial charge in [-0.05, 0) is 19.1 Å². The van der Waals surface area contributed by atoms with Crippen LogP contribution < -0.4 is 5.32 Å². The van der Waals surface area contributed by atoms with E-state index in [-0.39, 0.29) is 17.1 Å². The van der Waals surface area contributed by atoms with Crippen LogP contribution in [0.5, 0.6) is 0 Å². The Morgan fingerprint density at radius 3 is 2.88 bits per heavy atom. The molecule has 0 saturated heterocycles. The number of aromatic nitrogens is 2. The van der Waals surface area contributed by atoms with Crippen LogP contribution in [0.3, 0.4) is 0 Å². The van der Waals surface area contributed by atoms with E-state index >= 15 is 0 Å². The fraction of sp³-hybridized carbons (Fsp3) is 0.100. The lowest BCUT2D eigenvalue weighted by atomic mass is 10.2. The number of aromatic amines is 1. The molecule has 2 rings (SSSR count). The number of carbonyl (C=O) groups is 2. The highest BCUT2D eigenvalue weighted by Gasteiger charge is 2.20. The molecule has 0 aliphatic heterocycles. The van der Waals surface area contributed by atoms with Crippen molar-refractivity contribution >= 4 is 17.7 Å². The van der Waals surface area contributed by atoms with E-state index in [1.807, 2.05) is 0 Å². The predicted octanol–water partition coefficient (Wildman–Crippen LogP) is 1.26. The van der Waals surface area contributed by atoms with Gasteiger partial charge in [0.2, 0.25) is 0 Å². The second-order valence-electron chi connectivity index (χ2n) is 3.31. The molecule has 0 aliphatic carbocycles. The molecule has 2 aromatic rings. The zero-order valence-corrected chi connectivity index (χ0v) is 8.85. The van der Waals surface area contributed by atoms with Crippen molar-refractivity contribution in [2.75, 3.05) is 5.32 Å². The number of amides is 1. The van der Waals surface area contributed by atoms with Gasteiger partial charge in [0.25, 0.3) is 5.91 Å². The number of aromatic carboxylic acids is 1. The third kappa shape index (κ3) is 2.03. The van der Waals surface area contributed by atoms with Crippen molar-refractivity contribution in [3.05, 3.63) is 35.4 Å². The molecule has 1 amide bonds. The van der Waals surface area contributed by atoms with Crippen LogP contribution in [0, 0.1) is 6.92 Å². The molecule has 17 heavy (non-hydrogen) atoms. The van der Waals surface area contributed by atoms with Crippen molar-refractivity contribution in [2.45, 2.75) is 6.92 Å². The summed E-state index contributed by atoms with van der Waals surface area (Å²) in [4.78, 5) is 22.5. The summed E-state index contributed by atoms with van der Waals surface area (Å²) in [5.41, 5.74) is 0.303. The number of hydrogen-bond donors (Lipinski definition) is 3. The van der Waals surface area contributed by atoms with Crippen molar-refractivity contribution in [1.82, 2.24) is 10.2 Å². The summed E-state index contributed by atoms with van der Waals surface area (Å²) in [6.45, 7) is 1.55. The van der Waals surface area contributed by atoms with Gasteiger partial charge in [-0.1, -0.05) is 0 Å². The third-order valence-corrected chi connectivity index (χ3v) is 2.14. The molecule has 88 valence electrons. The van der Waals surface area contributed by atoms with Crippen LogP contribution in [-0.2, 0) is 0 Å². The van der Waals surface area contributed by atoms with E-state index in [1.165, 1.54) is 12.3 Å². The lowest BCUT2D eigenvalue weighted by Crippen LogP contribution is -2.14. The van der Waals surface area contributed by atoms with Gasteiger partial charge >= 0.3 is 5.97 Å². The highest BCUT2D eigenvalue weighted by atomic mass is 16.4. The quantitative estimate of drug-likeness (QED) is 0.742. The van der Waals surface area contributed by atoms with Gasteiger partial charge in [-0.3, -0.25) is 9.89 Å². The van der Waals surface area contributed by atoms with Gasteiger partial charge in [-0.2, -0.15) is 5.10 Å². The number of hydrogen-bond acceptors (Lipinski definition) is 4. The van der Waals surface area contributed by atoms with E-state index in [1.54, 1.807) is 13.0 Å². The number of carbonyl (C=O) groups excluding carboxylic acids is 1. The Morgan fingerprint density at radius 2 is 2.29 bits per heavy atom. The van der Waals surface area contributed by atoms with Crippen LogP contribution in [0.1, 0.15) is 26.6 Å². The summed E-state index contributed by atoms with van der Waals surface area (Å²) in [5, 5.41) is 17.5. The largest absolute Gasteiger partial charge is 0.477 e. The standard InChI is InChI=1S/C10H9N3O4/c1-5-7(10(15)16)8(13-12-5)11-9(14)6-3-2-4-17-6/h2-4H,1H3,(H,15,16)(H2,11,12,13,14). The minimum atomic E-state index is -1.16. The van der Waals surface area contributed by atoms with E-state index in [2.05, 4.69) is 15.5 Å². The summed E-state index contributed by atoms with van der Waals surface area (Å²) in [6.07, 6.45) is 1.35. The van der Waals surface area contributed by atoms with Gasteiger partial charge in [0.1, 0.15) is 5.56 Å². The first kappa shape index (κ1) is 10.9. The highest BCUT2D eigenvalue weighted by molar-refractivity contribution is 6.05. The molecule has 0 spiro atoms. The molecule has 0 bridgehead atoms. The Hall–Kier alpha value is -2.57. The van der Waals surface area contributed by atoms with Crippen molar-refractivity contribution in [3.8, 4) is 0 Å². The van der Waals surface area contributed by atoms with E-state index < -0.39 is 11.9 Å². The number of H-pyrrole nitrogens is 1. The van der Waals surface area contributed by atoms with Crippen LogP contribution >= 0.6 is 0 Å². The number of anilines is 1. The fourth-order valence-electron chi connectivity index (χ4n) is 1.36. The SMILES string of the molecule is Cc1[nH]nc(NC(=O)c2ccco2)c1C(=O)O. The Bertz CT molecular complexity index is 556. The Labute approximate surface area is 95.4 Å². The maximum Gasteiger partial charge on any atom is 0.341 e. The van der Waals surface area contributed by atoms with E-state index in [0.717, 1.165) is 0 Å². The Morgan fingerprint density at radius 1 is 1.53 bits per heavy atom. The van der Waals surface area contributed by atoms with E-state index in [0.29, 0.717) is 5.69 Å². The first-order valence-electron chi connectivity index (χ1n) is 4.72. The van der Waals surface area contributed by atoms with E-state index in [9.17, 15) is 9.59 Å². The topological polar surface area (TPSA) is 108 Å². The molecule has 3 N–H and O–H groups in total. The van der Waals surface area contributed by atoms with Gasteiger partial charge in [-0.15, -0.1) is 0 Å². The minimum absolute atomic E-state index is 0.0311. The van der Waals surface area contributed by atoms with Gasteiger partial charge in [0.05, 0.1) is 6.26 Å². The monoisotopic (exact) mass is 235 g/mol. The molecule has 0 aliphatic rings. The molecule has 0 fully saturated rings. The minimum Gasteiger partial charge on any atom is -0.477 e. The molecule has 0 unspecified atom stereocenters. The van der Waals surface area contributed by atoms with Crippen molar-refractivity contribution in [2.24, 2.45) is 0 Å². The van der Waals surface area contributed by atoms with Gasteiger partial charge < -0.3 is 14.8 Å². The van der Waals surface area contributed by atoms with Crippen LogP contribution in [0.4, 0.5) is 5.82 Å². The molecule has 7 heteroatoms. The van der Waals surface area contributed by atoms with Gasteiger partial charge in [-0.25, -0.2) is 4.79 Å². The zero-order valence-electron chi connectivity index (χ0n) is 8.85. The molecule has 2 aromatic heterocycles. The fourth-order valence-corrected chi connectivity index (χ4v) is 1.36. The molecule has 0 atom stereocenters. The van der Waals surface area contributed by atoms with Crippen molar-refractivity contribution in [3.63, 3.8) is 0 Å². The molecule has 0 radical (unpaired) electrons. The smallest absolute Gasteiger partial charge is 0.341 e. The maximum absolute atomic E-state index is 11.6. The van der Waals surface area contributed by atoms with Crippen LogP contribution in [-0.4, -0.2) is 27.2 Å². The zero-order chi connectivity index (χ0) is 12.4. The molecule has 0 aromatic carbocycles. The van der Waals surface area contributed by atoms with Crippen LogP contribution in [0.15, 0.2) is 22.8 Å². The Balaban J connectivity index is 2.25. The second-order valence-corrected chi connectivity index (χ2v) is 3.31. The number of carboxylic acids is 1. The predicted molar refractivity (Wildman–Crippen MR) is 56.9 cm³/mol. The average molecular weight is 235 g/mol. The normalized spacial score (nSPS) is 10.2. The summed E-state index contributed by atoms with van der Waals surface area (Å²) < 4.78 is 4.88. The van der Waals surface area contributed by atoms with Crippen LogP contribution in [0.2, 0.25) is 0 Å². The van der Waals surface area contributed by atoms with Gasteiger partial charge in [0, 0.05) is 5.69 Å². The second kappa shape index (κ2) is 4.12. The number of nitrogens with one attached hydrogen (secondary N) is 2. The Kier molecular flexibility index (Phi) is 2.65. The maximum atomic E-state index is 11.6. The first-order chi connectivity index (χ1) is 8.09. The number of rotatable bonds is 3. The number of aryl methyl sites for hydroxylation is 1. The molecular formula is C10H9N3O4. The molecule has 2 heterocycles. The first-order valence-corrected chi connectivity index (χ1v) is 4.72. The number of furan rings is 1. The third-order valence-electron chi connectivity index (χ3n) is 2.14. The number of carboxylic acid groups (broad SMARTS) is 1. The lowest BCUT2D eigenvalue weighted by molar-refractivity contribution is 0.0697. The van der Waals surface area contributed by atoms with Crippen molar-refractivity contribution < 1.29 is 19.1 Å². The lowest BCUT2D eigenvalue weighted by Gasteiger charge is -2.00. The molecule has 7 nitrogen and oxygen atoms in total. The average Bonchev–Trinajstić information content (AvgIpc) is 2.87. The summed E-state index contributed by atoms with van der Waals surface area (Å²) in [5.74, 6) is -1.66. The highest BCUT2D eigenvalue weighted by Crippen LogP contribution is 2.16. The van der Waals surface area contributed by atoms with Gasteiger partial charge in [0.15, 0.2) is 11.6 Å². The van der Waals surface area contributed by atoms with E-state index in [4.69, 9.17) is 9.52 Å². The molecule has 0 saturated carbocycles.